The van der Waals surface area contributed by atoms with Gasteiger partial charge in [-0.25, -0.2) is 0 Å². The summed E-state index contributed by atoms with van der Waals surface area (Å²) in [5.74, 6) is -1.13. The first-order chi connectivity index (χ1) is 10.9. The Morgan fingerprint density at radius 1 is 1.30 bits per heavy atom. The average molecular weight is 313 g/mol. The highest BCUT2D eigenvalue weighted by atomic mass is 16.4. The molecule has 1 aromatic carbocycles. The van der Waals surface area contributed by atoms with Crippen molar-refractivity contribution in [3.8, 4) is 0 Å². The number of anilines is 1. The van der Waals surface area contributed by atoms with Gasteiger partial charge in [-0.15, -0.1) is 0 Å². The van der Waals surface area contributed by atoms with Gasteiger partial charge in [0.05, 0.1) is 23.7 Å². The zero-order chi connectivity index (χ0) is 16.6. The van der Waals surface area contributed by atoms with Crippen molar-refractivity contribution in [1.29, 1.82) is 0 Å². The number of nitrogens with zero attached hydrogens (tertiary/aromatic N) is 3. The van der Waals surface area contributed by atoms with Crippen LogP contribution in [-0.4, -0.2) is 33.8 Å². The van der Waals surface area contributed by atoms with Gasteiger partial charge in [0.25, 0.3) is 0 Å². The van der Waals surface area contributed by atoms with E-state index in [9.17, 15) is 14.7 Å². The zero-order valence-electron chi connectivity index (χ0n) is 13.2. The molecule has 0 aliphatic heterocycles. The van der Waals surface area contributed by atoms with Crippen LogP contribution in [0.25, 0.3) is 0 Å². The molecule has 120 valence electrons. The van der Waals surface area contributed by atoms with E-state index in [1.807, 2.05) is 24.3 Å². The Morgan fingerprint density at radius 2 is 1.91 bits per heavy atom. The van der Waals surface area contributed by atoms with Gasteiger partial charge >= 0.3 is 5.97 Å². The molecule has 0 fully saturated rings. The highest BCUT2D eigenvalue weighted by Crippen LogP contribution is 2.41. The number of aryl methyl sites for hydroxylation is 1. The Hall–Kier alpha value is -2.63. The van der Waals surface area contributed by atoms with Crippen LogP contribution in [0.3, 0.4) is 0 Å². The lowest BCUT2D eigenvalue weighted by atomic mass is 9.79. The lowest BCUT2D eigenvalue weighted by Gasteiger charge is -2.30. The molecule has 0 radical (unpaired) electrons. The maximum Gasteiger partial charge on any atom is 0.304 e. The summed E-state index contributed by atoms with van der Waals surface area (Å²) in [4.78, 5) is 26.0. The van der Waals surface area contributed by atoms with Crippen LogP contribution in [-0.2, 0) is 29.5 Å². The Labute approximate surface area is 134 Å². The first kappa shape index (κ1) is 15.3. The molecule has 0 atom stereocenters. The topological polar surface area (TPSA) is 75.4 Å². The number of carbonyl (C=O) groups is 2. The van der Waals surface area contributed by atoms with Crippen molar-refractivity contribution in [2.24, 2.45) is 12.5 Å². The van der Waals surface area contributed by atoms with Gasteiger partial charge in [-0.3, -0.25) is 14.3 Å². The lowest BCUT2D eigenvalue weighted by Crippen LogP contribution is -2.44. The minimum Gasteiger partial charge on any atom is -0.481 e. The first-order valence-corrected chi connectivity index (χ1v) is 7.47. The highest BCUT2D eigenvalue weighted by Gasteiger charge is 2.47. The summed E-state index contributed by atoms with van der Waals surface area (Å²) in [6, 6.07) is 7.78. The third-order valence-electron chi connectivity index (χ3n) is 4.50. The molecule has 1 aromatic heterocycles. The minimum absolute atomic E-state index is 0.175. The van der Waals surface area contributed by atoms with Crippen LogP contribution in [0.15, 0.2) is 36.7 Å². The van der Waals surface area contributed by atoms with Gasteiger partial charge in [0, 0.05) is 20.3 Å². The third kappa shape index (κ3) is 2.72. The molecule has 1 N–H and O–H groups in total. The summed E-state index contributed by atoms with van der Waals surface area (Å²) >= 11 is 0. The molecule has 6 nitrogen and oxygen atoms in total. The first-order valence-electron chi connectivity index (χ1n) is 7.47. The number of carbonyl (C=O) groups excluding carboxylic acids is 1. The summed E-state index contributed by atoms with van der Waals surface area (Å²) < 4.78 is 1.62. The van der Waals surface area contributed by atoms with Crippen LogP contribution < -0.4 is 4.90 Å². The summed E-state index contributed by atoms with van der Waals surface area (Å²) in [6.45, 7) is 0. The number of aromatic nitrogens is 2. The number of amides is 1. The molecule has 0 bridgehead atoms. The van der Waals surface area contributed by atoms with E-state index >= 15 is 0 Å². The Morgan fingerprint density at radius 3 is 2.39 bits per heavy atom. The molecule has 1 aliphatic rings. The van der Waals surface area contributed by atoms with E-state index in [-0.39, 0.29) is 12.3 Å². The third-order valence-corrected chi connectivity index (χ3v) is 4.50. The average Bonchev–Trinajstić information content (AvgIpc) is 3.08. The van der Waals surface area contributed by atoms with Gasteiger partial charge in [0.1, 0.15) is 0 Å². The second-order valence-corrected chi connectivity index (χ2v) is 6.21. The van der Waals surface area contributed by atoms with Gasteiger partial charge in [-0.2, -0.15) is 5.10 Å². The van der Waals surface area contributed by atoms with Crippen molar-refractivity contribution in [3.63, 3.8) is 0 Å². The molecule has 6 heteroatoms. The van der Waals surface area contributed by atoms with E-state index in [1.54, 1.807) is 31.2 Å². The lowest BCUT2D eigenvalue weighted by molar-refractivity contribution is -0.144. The van der Waals surface area contributed by atoms with E-state index in [1.165, 1.54) is 4.90 Å². The van der Waals surface area contributed by atoms with E-state index < -0.39 is 11.4 Å². The molecule has 0 spiro atoms. The van der Waals surface area contributed by atoms with Crippen LogP contribution in [0.2, 0.25) is 0 Å². The summed E-state index contributed by atoms with van der Waals surface area (Å²) in [5, 5.41) is 13.4. The maximum atomic E-state index is 13.1. The quantitative estimate of drug-likeness (QED) is 0.931. The van der Waals surface area contributed by atoms with Crippen molar-refractivity contribution < 1.29 is 14.7 Å². The van der Waals surface area contributed by atoms with Crippen LogP contribution in [0, 0.1) is 5.41 Å². The largest absolute Gasteiger partial charge is 0.481 e. The van der Waals surface area contributed by atoms with Gasteiger partial charge in [-0.05, 0) is 24.0 Å². The van der Waals surface area contributed by atoms with Gasteiger partial charge < -0.3 is 10.0 Å². The molecule has 23 heavy (non-hydrogen) atoms. The fourth-order valence-electron chi connectivity index (χ4n) is 3.39. The molecule has 1 aliphatic carbocycles. The van der Waals surface area contributed by atoms with Crippen LogP contribution in [0.1, 0.15) is 17.5 Å². The van der Waals surface area contributed by atoms with Crippen LogP contribution in [0.4, 0.5) is 5.69 Å². The fraction of sp³-hybridized carbons (Fsp3) is 0.353. The smallest absolute Gasteiger partial charge is 0.304 e. The van der Waals surface area contributed by atoms with Crippen molar-refractivity contribution in [2.75, 3.05) is 11.9 Å². The number of carboxylic acid groups (broad SMARTS) is 1. The summed E-state index contributed by atoms with van der Waals surface area (Å²) in [7, 11) is 3.45. The number of fused-ring (bicyclic) bond motifs is 1. The summed E-state index contributed by atoms with van der Waals surface area (Å²) in [6.07, 6.45) is 4.09. The molecule has 0 saturated carbocycles. The molecule has 0 unspecified atom stereocenters. The Kier molecular flexibility index (Phi) is 3.67. The van der Waals surface area contributed by atoms with E-state index in [0.717, 1.165) is 11.1 Å². The number of hydrogen-bond acceptors (Lipinski definition) is 3. The highest BCUT2D eigenvalue weighted by molar-refractivity contribution is 5.99. The predicted molar refractivity (Wildman–Crippen MR) is 85.2 cm³/mol. The molecule has 0 saturated heterocycles. The fourth-order valence-corrected chi connectivity index (χ4v) is 3.39. The molecular weight excluding hydrogens is 294 g/mol. The van der Waals surface area contributed by atoms with E-state index in [4.69, 9.17) is 0 Å². The standard InChI is InChI=1S/C17H19N3O3/c1-19-11-14(10-18-19)20(2)16(23)17(9-15(21)22)7-12-5-3-4-6-13(12)8-17/h3-6,10-11H,7-9H2,1-2H3,(H,21,22). The molecule has 3 rings (SSSR count). The minimum atomic E-state index is -0.953. The number of aliphatic carboxylic acids is 1. The van der Waals surface area contributed by atoms with Crippen molar-refractivity contribution in [1.82, 2.24) is 9.78 Å². The van der Waals surface area contributed by atoms with Crippen LogP contribution in [0.5, 0.6) is 0 Å². The van der Waals surface area contributed by atoms with Crippen LogP contribution >= 0.6 is 0 Å². The number of rotatable bonds is 4. The Bertz CT molecular complexity index is 741. The normalized spacial score (nSPS) is 15.2. The molecular formula is C17H19N3O3. The number of benzene rings is 1. The molecule has 1 amide bonds. The van der Waals surface area contributed by atoms with Gasteiger partial charge in [-0.1, -0.05) is 24.3 Å². The van der Waals surface area contributed by atoms with Crippen molar-refractivity contribution >= 4 is 17.6 Å². The maximum absolute atomic E-state index is 13.1. The number of carboxylic acids is 1. The van der Waals surface area contributed by atoms with Gasteiger partial charge in [0.2, 0.25) is 5.91 Å². The predicted octanol–water partition coefficient (Wildman–Crippen LogP) is 1.64. The molecule has 2 aromatic rings. The zero-order valence-corrected chi connectivity index (χ0v) is 13.2. The van der Waals surface area contributed by atoms with Gasteiger partial charge in [0.15, 0.2) is 0 Å². The SMILES string of the molecule is CN(C(=O)C1(CC(=O)O)Cc2ccccc2C1)c1cnn(C)c1. The van der Waals surface area contributed by atoms with Crippen molar-refractivity contribution in [2.45, 2.75) is 19.3 Å². The number of hydrogen-bond donors (Lipinski definition) is 1. The van der Waals surface area contributed by atoms with E-state index in [2.05, 4.69) is 5.10 Å². The molecule has 1 heterocycles. The summed E-state index contributed by atoms with van der Waals surface area (Å²) in [5.41, 5.74) is 1.85. The Balaban J connectivity index is 1.94. The van der Waals surface area contributed by atoms with E-state index in [0.29, 0.717) is 18.5 Å². The second kappa shape index (κ2) is 5.53. The monoisotopic (exact) mass is 313 g/mol. The van der Waals surface area contributed by atoms with Crippen molar-refractivity contribution in [3.05, 3.63) is 47.8 Å². The second-order valence-electron chi connectivity index (χ2n) is 6.21.